The molecule has 0 aliphatic rings. The Morgan fingerprint density at radius 2 is 0.947 bits per heavy atom. The first kappa shape index (κ1) is 28.5. The topological polar surface area (TPSA) is 148 Å². The highest BCUT2D eigenvalue weighted by Crippen LogP contribution is 2.17. The lowest BCUT2D eigenvalue weighted by molar-refractivity contribution is -0.159. The third kappa shape index (κ3) is 7.69. The van der Waals surface area contributed by atoms with Crippen LogP contribution in [0.3, 0.4) is 0 Å². The van der Waals surface area contributed by atoms with E-state index in [0.29, 0.717) is 15.1 Å². The molecule has 0 radical (unpaired) electrons. The van der Waals surface area contributed by atoms with Gasteiger partial charge in [-0.15, -0.1) is 0 Å². The Morgan fingerprint density at radius 1 is 0.579 bits per heavy atom. The van der Waals surface area contributed by atoms with Crippen molar-refractivity contribution in [2.75, 3.05) is 0 Å². The lowest BCUT2D eigenvalue weighted by atomic mass is 10.1. The SMILES string of the molecule is O=C(NNC(=O)[C@@H](OC(=O)c1ccc(Cl)cc1)[C@@H](OC(=O)c1ccc(Cl)cc1)C(=O)O)c1ccc(Cl)cc1. The molecule has 0 aliphatic carbocycles. The molecule has 0 unspecified atom stereocenters. The fourth-order valence-electron chi connectivity index (χ4n) is 2.90. The smallest absolute Gasteiger partial charge is 0.349 e. The van der Waals surface area contributed by atoms with E-state index in [-0.39, 0.29) is 16.7 Å². The maximum atomic E-state index is 12.9. The van der Waals surface area contributed by atoms with Gasteiger partial charge in [0.15, 0.2) is 0 Å². The van der Waals surface area contributed by atoms with Crippen LogP contribution in [0.2, 0.25) is 15.1 Å². The van der Waals surface area contributed by atoms with Gasteiger partial charge in [-0.1, -0.05) is 34.8 Å². The molecule has 3 aromatic carbocycles. The van der Waals surface area contributed by atoms with Crippen molar-refractivity contribution in [1.29, 1.82) is 0 Å². The summed E-state index contributed by atoms with van der Waals surface area (Å²) in [6.45, 7) is 0. The Kier molecular flexibility index (Phi) is 9.66. The Labute approximate surface area is 230 Å². The minimum atomic E-state index is -2.30. The molecular weight excluding hydrogens is 563 g/mol. The zero-order valence-electron chi connectivity index (χ0n) is 19.0. The molecule has 0 bridgehead atoms. The van der Waals surface area contributed by atoms with E-state index in [9.17, 15) is 29.1 Å². The van der Waals surface area contributed by atoms with Gasteiger partial charge < -0.3 is 14.6 Å². The maximum absolute atomic E-state index is 12.9. The van der Waals surface area contributed by atoms with Crippen molar-refractivity contribution in [2.45, 2.75) is 12.2 Å². The number of rotatable bonds is 8. The summed E-state index contributed by atoms with van der Waals surface area (Å²) in [6.07, 6.45) is -4.53. The molecule has 2 amide bonds. The number of aliphatic carboxylic acids is 1. The summed E-state index contributed by atoms with van der Waals surface area (Å²) in [5.74, 6) is -6.16. The molecule has 3 N–H and O–H groups in total. The molecule has 13 heteroatoms. The zero-order valence-corrected chi connectivity index (χ0v) is 21.3. The van der Waals surface area contributed by atoms with E-state index in [4.69, 9.17) is 44.3 Å². The van der Waals surface area contributed by atoms with E-state index in [1.165, 1.54) is 72.8 Å². The van der Waals surface area contributed by atoms with Crippen molar-refractivity contribution in [2.24, 2.45) is 0 Å². The highest BCUT2D eigenvalue weighted by Gasteiger charge is 2.41. The van der Waals surface area contributed by atoms with Crippen LogP contribution in [0.1, 0.15) is 31.1 Å². The van der Waals surface area contributed by atoms with Crippen LogP contribution in [0.15, 0.2) is 72.8 Å². The number of hydrogen-bond acceptors (Lipinski definition) is 7. The molecule has 0 saturated carbocycles. The number of carbonyl (C=O) groups excluding carboxylic acids is 4. The zero-order chi connectivity index (χ0) is 27.8. The van der Waals surface area contributed by atoms with Gasteiger partial charge in [-0.3, -0.25) is 20.4 Å². The Morgan fingerprint density at radius 3 is 1.34 bits per heavy atom. The second kappa shape index (κ2) is 12.9. The molecule has 10 nitrogen and oxygen atoms in total. The lowest BCUT2D eigenvalue weighted by Crippen LogP contribution is -2.54. The average Bonchev–Trinajstić information content (AvgIpc) is 2.89. The summed E-state index contributed by atoms with van der Waals surface area (Å²) in [5.41, 5.74) is 3.98. The lowest BCUT2D eigenvalue weighted by Gasteiger charge is -2.23. The Hall–Kier alpha value is -4.12. The van der Waals surface area contributed by atoms with Crippen LogP contribution in [-0.4, -0.2) is 47.0 Å². The summed E-state index contributed by atoms with van der Waals surface area (Å²) in [4.78, 5) is 62.6. The van der Waals surface area contributed by atoms with Crippen molar-refractivity contribution in [1.82, 2.24) is 10.9 Å². The van der Waals surface area contributed by atoms with E-state index in [2.05, 4.69) is 5.43 Å². The second-order valence-electron chi connectivity index (χ2n) is 7.45. The number of halogens is 3. The minimum Gasteiger partial charge on any atom is -0.478 e. The molecule has 196 valence electrons. The second-order valence-corrected chi connectivity index (χ2v) is 8.76. The van der Waals surface area contributed by atoms with Gasteiger partial charge in [0.2, 0.25) is 12.2 Å². The van der Waals surface area contributed by atoms with Gasteiger partial charge in [0.1, 0.15) is 0 Å². The number of carboxylic acids is 1. The van der Waals surface area contributed by atoms with Crippen LogP contribution in [0.4, 0.5) is 0 Å². The minimum absolute atomic E-state index is 0.0782. The van der Waals surface area contributed by atoms with Crippen molar-refractivity contribution >= 4 is 64.5 Å². The third-order valence-corrected chi connectivity index (χ3v) is 5.57. The first-order valence-electron chi connectivity index (χ1n) is 10.6. The summed E-state index contributed by atoms with van der Waals surface area (Å²) < 4.78 is 10.1. The van der Waals surface area contributed by atoms with Crippen LogP contribution in [-0.2, 0) is 19.1 Å². The van der Waals surface area contributed by atoms with Gasteiger partial charge in [-0.05, 0) is 72.8 Å². The molecule has 0 aliphatic heterocycles. The molecule has 0 spiro atoms. The summed E-state index contributed by atoms with van der Waals surface area (Å²) in [7, 11) is 0. The molecular formula is C25H17Cl3N2O8. The van der Waals surface area contributed by atoms with Gasteiger partial charge in [-0.25, -0.2) is 14.4 Å². The largest absolute Gasteiger partial charge is 0.478 e. The monoisotopic (exact) mass is 578 g/mol. The number of esters is 2. The molecule has 2 atom stereocenters. The van der Waals surface area contributed by atoms with Crippen LogP contribution < -0.4 is 10.9 Å². The van der Waals surface area contributed by atoms with Crippen molar-refractivity contribution < 1.29 is 38.6 Å². The van der Waals surface area contributed by atoms with Gasteiger partial charge in [0, 0.05) is 20.6 Å². The Bertz CT molecular complexity index is 1350. The quantitative estimate of drug-likeness (QED) is 0.268. The molecule has 0 fully saturated rings. The van der Waals surface area contributed by atoms with E-state index < -0.39 is 41.9 Å². The fraction of sp³-hybridized carbons (Fsp3) is 0.0800. The number of nitrogens with one attached hydrogen (secondary N) is 2. The highest BCUT2D eigenvalue weighted by atomic mass is 35.5. The van der Waals surface area contributed by atoms with Gasteiger partial charge in [0.05, 0.1) is 11.1 Å². The van der Waals surface area contributed by atoms with E-state index in [1.54, 1.807) is 0 Å². The molecule has 3 rings (SSSR count). The van der Waals surface area contributed by atoms with Gasteiger partial charge in [0.25, 0.3) is 11.8 Å². The van der Waals surface area contributed by atoms with Gasteiger partial charge in [-0.2, -0.15) is 0 Å². The number of ether oxygens (including phenoxy) is 2. The van der Waals surface area contributed by atoms with Crippen LogP contribution in [0.5, 0.6) is 0 Å². The standard InChI is InChI=1S/C25H17Cl3N2O8/c26-16-7-1-13(2-8-16)21(31)29-30-22(32)19(37-24(35)14-3-9-17(27)10-4-14)20(23(33)34)38-25(36)15-5-11-18(28)12-6-15/h1-12,19-20H,(H,29,31)(H,30,32)(H,33,34)/t19-,20+/m0/s1. The molecule has 0 saturated heterocycles. The highest BCUT2D eigenvalue weighted by molar-refractivity contribution is 6.31. The number of hydrazine groups is 1. The van der Waals surface area contributed by atoms with Crippen molar-refractivity contribution in [3.63, 3.8) is 0 Å². The summed E-state index contributed by atoms with van der Waals surface area (Å²) >= 11 is 17.4. The number of hydrogen-bond donors (Lipinski definition) is 3. The van der Waals surface area contributed by atoms with E-state index in [0.717, 1.165) is 0 Å². The first-order valence-corrected chi connectivity index (χ1v) is 11.7. The fourth-order valence-corrected chi connectivity index (χ4v) is 3.27. The molecule has 0 heterocycles. The predicted octanol–water partition coefficient (Wildman–Crippen LogP) is 3.94. The average molecular weight is 580 g/mol. The van der Waals surface area contributed by atoms with E-state index in [1.807, 2.05) is 5.43 Å². The molecule has 38 heavy (non-hydrogen) atoms. The normalized spacial score (nSPS) is 12.0. The summed E-state index contributed by atoms with van der Waals surface area (Å²) in [5, 5.41) is 10.7. The number of carbonyl (C=O) groups is 5. The maximum Gasteiger partial charge on any atom is 0.349 e. The molecule has 0 aromatic heterocycles. The first-order chi connectivity index (χ1) is 18.0. The molecule has 3 aromatic rings. The number of amides is 2. The van der Waals surface area contributed by atoms with Crippen LogP contribution >= 0.6 is 34.8 Å². The van der Waals surface area contributed by atoms with Crippen molar-refractivity contribution in [3.05, 3.63) is 105 Å². The van der Waals surface area contributed by atoms with Crippen LogP contribution in [0.25, 0.3) is 0 Å². The van der Waals surface area contributed by atoms with Gasteiger partial charge >= 0.3 is 17.9 Å². The van der Waals surface area contributed by atoms with Crippen LogP contribution in [0, 0.1) is 0 Å². The van der Waals surface area contributed by atoms with Crippen molar-refractivity contribution in [3.8, 4) is 0 Å². The predicted molar refractivity (Wildman–Crippen MR) is 136 cm³/mol. The van der Waals surface area contributed by atoms with E-state index >= 15 is 0 Å². The summed E-state index contributed by atoms with van der Waals surface area (Å²) in [6, 6.07) is 16.2. The Balaban J connectivity index is 1.84. The third-order valence-electron chi connectivity index (χ3n) is 4.81. The number of benzene rings is 3. The number of carboxylic acid groups (broad SMARTS) is 1.